The maximum Gasteiger partial charge on any atom is 0.307 e. The van der Waals surface area contributed by atoms with Gasteiger partial charge in [0.2, 0.25) is 0 Å². The number of aromatic nitrogens is 1. The number of methoxy groups -OCH3 is 1. The van der Waals surface area contributed by atoms with E-state index in [1.54, 1.807) is 24.4 Å². The second kappa shape index (κ2) is 7.21. The van der Waals surface area contributed by atoms with E-state index in [1.807, 2.05) is 0 Å². The standard InChI is InChI=1S/C13H16N2O3/c1-3-8-15(9-6-12(16)18-2)13(17)11-5-4-7-14-10-11/h3-5,7,10H,1,6,8-9H2,2H3. The second-order valence-corrected chi connectivity index (χ2v) is 3.61. The average Bonchev–Trinajstić information content (AvgIpc) is 2.43. The number of esters is 1. The Bertz CT molecular complexity index is 418. The van der Waals surface area contributed by atoms with Crippen molar-refractivity contribution in [2.45, 2.75) is 6.42 Å². The van der Waals surface area contributed by atoms with Gasteiger partial charge in [0.25, 0.3) is 5.91 Å². The van der Waals surface area contributed by atoms with Crippen LogP contribution in [0.5, 0.6) is 0 Å². The molecule has 0 bridgehead atoms. The zero-order valence-corrected chi connectivity index (χ0v) is 10.3. The molecule has 0 saturated heterocycles. The van der Waals surface area contributed by atoms with Crippen LogP contribution in [-0.4, -0.2) is 42.0 Å². The molecule has 0 spiro atoms. The average molecular weight is 248 g/mol. The first-order valence-corrected chi connectivity index (χ1v) is 5.56. The molecule has 0 aliphatic heterocycles. The normalized spacial score (nSPS) is 9.61. The van der Waals surface area contributed by atoms with Crippen molar-refractivity contribution in [2.24, 2.45) is 0 Å². The number of carbonyl (C=O) groups is 2. The van der Waals surface area contributed by atoms with E-state index in [1.165, 1.54) is 18.2 Å². The van der Waals surface area contributed by atoms with Crippen LogP contribution in [0.25, 0.3) is 0 Å². The van der Waals surface area contributed by atoms with Crippen LogP contribution in [0.4, 0.5) is 0 Å². The number of nitrogens with zero attached hydrogens (tertiary/aromatic N) is 2. The predicted molar refractivity (Wildman–Crippen MR) is 67.0 cm³/mol. The highest BCUT2D eigenvalue weighted by Crippen LogP contribution is 2.04. The van der Waals surface area contributed by atoms with Crippen LogP contribution in [0.15, 0.2) is 37.2 Å². The Morgan fingerprint density at radius 3 is 2.89 bits per heavy atom. The van der Waals surface area contributed by atoms with E-state index in [0.29, 0.717) is 18.7 Å². The highest BCUT2D eigenvalue weighted by atomic mass is 16.5. The van der Waals surface area contributed by atoms with Crippen molar-refractivity contribution in [3.63, 3.8) is 0 Å². The highest BCUT2D eigenvalue weighted by Gasteiger charge is 2.15. The molecule has 0 fully saturated rings. The Labute approximate surface area is 106 Å². The van der Waals surface area contributed by atoms with Gasteiger partial charge < -0.3 is 9.64 Å². The molecule has 0 N–H and O–H groups in total. The van der Waals surface area contributed by atoms with Crippen molar-refractivity contribution in [2.75, 3.05) is 20.2 Å². The Morgan fingerprint density at radius 1 is 1.56 bits per heavy atom. The van der Waals surface area contributed by atoms with Crippen LogP contribution < -0.4 is 0 Å². The van der Waals surface area contributed by atoms with E-state index in [4.69, 9.17) is 0 Å². The van der Waals surface area contributed by atoms with Gasteiger partial charge >= 0.3 is 5.97 Å². The number of carbonyl (C=O) groups excluding carboxylic acids is 2. The van der Waals surface area contributed by atoms with Crippen LogP contribution in [0, 0.1) is 0 Å². The second-order valence-electron chi connectivity index (χ2n) is 3.61. The van der Waals surface area contributed by atoms with Gasteiger partial charge in [-0.25, -0.2) is 0 Å². The molecule has 0 aliphatic carbocycles. The summed E-state index contributed by atoms with van der Waals surface area (Å²) in [5, 5.41) is 0. The molecule has 5 heteroatoms. The minimum Gasteiger partial charge on any atom is -0.469 e. The molecule has 1 aromatic rings. The molecule has 0 unspecified atom stereocenters. The third-order valence-corrected chi connectivity index (χ3v) is 2.36. The maximum atomic E-state index is 12.1. The summed E-state index contributed by atoms with van der Waals surface area (Å²) in [5.41, 5.74) is 0.490. The smallest absolute Gasteiger partial charge is 0.307 e. The molecule has 0 aromatic carbocycles. The summed E-state index contributed by atoms with van der Waals surface area (Å²) >= 11 is 0. The van der Waals surface area contributed by atoms with E-state index in [2.05, 4.69) is 16.3 Å². The summed E-state index contributed by atoms with van der Waals surface area (Å²) in [6.07, 6.45) is 4.88. The molecule has 96 valence electrons. The lowest BCUT2D eigenvalue weighted by Crippen LogP contribution is -2.33. The number of hydrogen-bond donors (Lipinski definition) is 0. The molecule has 1 aromatic heterocycles. The summed E-state index contributed by atoms with van der Waals surface area (Å²) in [7, 11) is 1.32. The third-order valence-electron chi connectivity index (χ3n) is 2.36. The van der Waals surface area contributed by atoms with Gasteiger partial charge in [0.05, 0.1) is 19.1 Å². The van der Waals surface area contributed by atoms with Gasteiger partial charge in [-0.15, -0.1) is 6.58 Å². The fourth-order valence-corrected chi connectivity index (χ4v) is 1.43. The predicted octanol–water partition coefficient (Wildman–Crippen LogP) is 1.27. The third kappa shape index (κ3) is 4.01. The SMILES string of the molecule is C=CCN(CCC(=O)OC)C(=O)c1cccnc1. The van der Waals surface area contributed by atoms with Gasteiger partial charge in [0.15, 0.2) is 0 Å². The number of rotatable bonds is 6. The fourth-order valence-electron chi connectivity index (χ4n) is 1.43. The highest BCUT2D eigenvalue weighted by molar-refractivity contribution is 5.94. The van der Waals surface area contributed by atoms with Crippen molar-refractivity contribution in [1.82, 2.24) is 9.88 Å². The largest absolute Gasteiger partial charge is 0.469 e. The quantitative estimate of drug-likeness (QED) is 0.562. The Balaban J connectivity index is 2.69. The molecule has 0 saturated carbocycles. The molecule has 0 aliphatic rings. The van der Waals surface area contributed by atoms with Crippen LogP contribution in [0.2, 0.25) is 0 Å². The molecule has 0 atom stereocenters. The zero-order valence-electron chi connectivity index (χ0n) is 10.3. The molecule has 0 radical (unpaired) electrons. The number of amides is 1. The van der Waals surface area contributed by atoms with Crippen LogP contribution >= 0.6 is 0 Å². The van der Waals surface area contributed by atoms with Gasteiger partial charge in [-0.05, 0) is 12.1 Å². The van der Waals surface area contributed by atoms with E-state index < -0.39 is 0 Å². The lowest BCUT2D eigenvalue weighted by Gasteiger charge is -2.20. The summed E-state index contributed by atoms with van der Waals surface area (Å²) in [4.78, 5) is 28.6. The van der Waals surface area contributed by atoms with Crippen LogP contribution in [-0.2, 0) is 9.53 Å². The van der Waals surface area contributed by atoms with E-state index in [9.17, 15) is 9.59 Å². The molecule has 18 heavy (non-hydrogen) atoms. The molecule has 1 rings (SSSR count). The van der Waals surface area contributed by atoms with Crippen molar-refractivity contribution in [1.29, 1.82) is 0 Å². The number of ether oxygens (including phenoxy) is 1. The summed E-state index contributed by atoms with van der Waals surface area (Å²) in [5.74, 6) is -0.519. The number of pyridine rings is 1. The van der Waals surface area contributed by atoms with Gasteiger partial charge in [-0.3, -0.25) is 14.6 Å². The lowest BCUT2D eigenvalue weighted by atomic mass is 10.2. The first kappa shape index (κ1) is 13.9. The summed E-state index contributed by atoms with van der Waals surface area (Å²) in [6.45, 7) is 4.28. The summed E-state index contributed by atoms with van der Waals surface area (Å²) < 4.78 is 4.55. The molecule has 1 heterocycles. The topological polar surface area (TPSA) is 59.5 Å². The molecular weight excluding hydrogens is 232 g/mol. The minimum absolute atomic E-state index is 0.163. The Morgan fingerprint density at radius 2 is 2.33 bits per heavy atom. The van der Waals surface area contributed by atoms with Gasteiger partial charge in [-0.2, -0.15) is 0 Å². The maximum absolute atomic E-state index is 12.1. The van der Waals surface area contributed by atoms with Crippen molar-refractivity contribution in [3.8, 4) is 0 Å². The zero-order chi connectivity index (χ0) is 13.4. The Hall–Kier alpha value is -2.17. The first-order chi connectivity index (χ1) is 8.69. The lowest BCUT2D eigenvalue weighted by molar-refractivity contribution is -0.140. The van der Waals surface area contributed by atoms with Gasteiger partial charge in [-0.1, -0.05) is 6.08 Å². The van der Waals surface area contributed by atoms with E-state index >= 15 is 0 Å². The van der Waals surface area contributed by atoms with Crippen LogP contribution in [0.1, 0.15) is 16.8 Å². The fraction of sp³-hybridized carbons (Fsp3) is 0.308. The van der Waals surface area contributed by atoms with Crippen molar-refractivity contribution in [3.05, 3.63) is 42.7 Å². The first-order valence-electron chi connectivity index (χ1n) is 5.56. The Kier molecular flexibility index (Phi) is 5.57. The van der Waals surface area contributed by atoms with Crippen molar-refractivity contribution >= 4 is 11.9 Å². The van der Waals surface area contributed by atoms with Crippen molar-refractivity contribution < 1.29 is 14.3 Å². The molecule has 5 nitrogen and oxygen atoms in total. The van der Waals surface area contributed by atoms with E-state index in [-0.39, 0.29) is 18.3 Å². The monoisotopic (exact) mass is 248 g/mol. The summed E-state index contributed by atoms with van der Waals surface area (Å²) in [6, 6.07) is 3.38. The molecular formula is C13H16N2O3. The number of hydrogen-bond acceptors (Lipinski definition) is 4. The van der Waals surface area contributed by atoms with E-state index in [0.717, 1.165) is 0 Å². The van der Waals surface area contributed by atoms with Gasteiger partial charge in [0.1, 0.15) is 0 Å². The van der Waals surface area contributed by atoms with Crippen LogP contribution in [0.3, 0.4) is 0 Å². The van der Waals surface area contributed by atoms with Gasteiger partial charge in [0, 0.05) is 25.5 Å². The minimum atomic E-state index is -0.344. The molecule has 1 amide bonds.